The summed E-state index contributed by atoms with van der Waals surface area (Å²) in [7, 11) is 2.17. The van der Waals surface area contributed by atoms with E-state index in [2.05, 4.69) is 55.9 Å². The summed E-state index contributed by atoms with van der Waals surface area (Å²) in [4.78, 5) is 9.66. The number of rotatable bonds is 4. The number of piperazine rings is 1. The van der Waals surface area contributed by atoms with Crippen LogP contribution in [0.5, 0.6) is 0 Å². The molecule has 8 heteroatoms. The fraction of sp³-hybridized carbons (Fsp3) is 0.333. The number of hydrogen-bond donors (Lipinski definition) is 1. The molecule has 38 heavy (non-hydrogen) atoms. The van der Waals surface area contributed by atoms with E-state index in [9.17, 15) is 4.39 Å². The van der Waals surface area contributed by atoms with Crippen molar-refractivity contribution in [3.8, 4) is 16.8 Å². The van der Waals surface area contributed by atoms with Crippen molar-refractivity contribution in [3.63, 3.8) is 0 Å². The number of halogens is 1. The van der Waals surface area contributed by atoms with E-state index in [-0.39, 0.29) is 5.82 Å². The third kappa shape index (κ3) is 4.04. The minimum Gasteiger partial charge on any atom is -0.381 e. The van der Waals surface area contributed by atoms with Crippen molar-refractivity contribution in [3.05, 3.63) is 72.4 Å². The highest BCUT2D eigenvalue weighted by atomic mass is 19.1. The molecule has 7 rings (SSSR count). The van der Waals surface area contributed by atoms with Gasteiger partial charge in [0.05, 0.1) is 17.2 Å². The summed E-state index contributed by atoms with van der Waals surface area (Å²) in [6, 6.07) is 15.6. The van der Waals surface area contributed by atoms with Crippen molar-refractivity contribution in [2.24, 2.45) is 0 Å². The number of aromatic amines is 1. The Morgan fingerprint density at radius 3 is 2.47 bits per heavy atom. The number of H-pyrrole nitrogens is 1. The Labute approximate surface area is 220 Å². The van der Waals surface area contributed by atoms with Crippen LogP contribution in [-0.2, 0) is 4.74 Å². The highest BCUT2D eigenvalue weighted by Crippen LogP contribution is 2.44. The van der Waals surface area contributed by atoms with Gasteiger partial charge in [-0.1, -0.05) is 0 Å². The van der Waals surface area contributed by atoms with Crippen molar-refractivity contribution in [2.75, 3.05) is 51.3 Å². The van der Waals surface area contributed by atoms with E-state index in [4.69, 9.17) is 9.72 Å². The van der Waals surface area contributed by atoms with Crippen molar-refractivity contribution < 1.29 is 9.13 Å². The molecule has 0 radical (unpaired) electrons. The maximum atomic E-state index is 14.0. The number of ether oxygens (including phenoxy) is 1. The molecule has 5 aromatic rings. The van der Waals surface area contributed by atoms with E-state index in [1.54, 1.807) is 0 Å². The zero-order valence-electron chi connectivity index (χ0n) is 21.5. The summed E-state index contributed by atoms with van der Waals surface area (Å²) in [5.74, 6) is 1.09. The van der Waals surface area contributed by atoms with Crippen LogP contribution < -0.4 is 4.90 Å². The van der Waals surface area contributed by atoms with Gasteiger partial charge < -0.3 is 19.1 Å². The summed E-state index contributed by atoms with van der Waals surface area (Å²) in [5, 5.41) is 9.61. The third-order valence-electron chi connectivity index (χ3n) is 8.12. The number of anilines is 1. The molecule has 0 spiro atoms. The van der Waals surface area contributed by atoms with Gasteiger partial charge in [-0.3, -0.25) is 5.10 Å². The number of likely N-dealkylation sites (N-methyl/N-ethyl adjacent to an activating group) is 1. The van der Waals surface area contributed by atoms with E-state index < -0.39 is 0 Å². The normalized spacial score (nSPS) is 17.6. The second-order valence-corrected chi connectivity index (χ2v) is 10.5. The van der Waals surface area contributed by atoms with E-state index in [0.717, 1.165) is 91.1 Å². The fourth-order valence-corrected chi connectivity index (χ4v) is 6.03. The quantitative estimate of drug-likeness (QED) is 0.353. The molecule has 0 aliphatic carbocycles. The zero-order valence-corrected chi connectivity index (χ0v) is 21.5. The molecule has 194 valence electrons. The summed E-state index contributed by atoms with van der Waals surface area (Å²) >= 11 is 0. The first kappa shape index (κ1) is 23.4. The van der Waals surface area contributed by atoms with Crippen LogP contribution in [0.2, 0.25) is 0 Å². The number of aromatic nitrogens is 4. The first-order valence-electron chi connectivity index (χ1n) is 13.4. The maximum Gasteiger partial charge on any atom is 0.128 e. The van der Waals surface area contributed by atoms with Crippen LogP contribution in [0.15, 0.2) is 60.9 Å². The molecule has 1 N–H and O–H groups in total. The lowest BCUT2D eigenvalue weighted by molar-refractivity contribution is 0.0843. The molecule has 5 heterocycles. The highest BCUT2D eigenvalue weighted by Gasteiger charge is 2.28. The minimum absolute atomic E-state index is 0.237. The Morgan fingerprint density at radius 1 is 0.947 bits per heavy atom. The van der Waals surface area contributed by atoms with Gasteiger partial charge in [0.25, 0.3) is 0 Å². The van der Waals surface area contributed by atoms with Crippen LogP contribution in [0.1, 0.15) is 24.5 Å². The van der Waals surface area contributed by atoms with Crippen molar-refractivity contribution in [1.29, 1.82) is 0 Å². The second kappa shape index (κ2) is 9.53. The molecular weight excluding hydrogens is 479 g/mol. The molecular formula is C30H31FN6O. The number of pyridine rings is 1. The van der Waals surface area contributed by atoms with Crippen LogP contribution >= 0.6 is 0 Å². The molecule has 3 aromatic heterocycles. The monoisotopic (exact) mass is 510 g/mol. The first-order valence-corrected chi connectivity index (χ1v) is 13.4. The standard InChI is InChI=1S/C30H31FN6O/c1-35-10-12-36(13-11-35)28-7-2-21(18-32-28)29-25-17-26-22(19-33-34-26)16-27(25)37(24-5-3-23(31)4-6-24)30(29)20-8-14-38-15-9-20/h2-7,16-20H,8-15H2,1H3,(H,33,34). The summed E-state index contributed by atoms with van der Waals surface area (Å²) < 4.78 is 22.0. The lowest BCUT2D eigenvalue weighted by Crippen LogP contribution is -2.44. The largest absolute Gasteiger partial charge is 0.381 e. The second-order valence-electron chi connectivity index (χ2n) is 10.5. The SMILES string of the molecule is CN1CCN(c2ccc(-c3c(C4CCOCC4)n(-c4ccc(F)cc4)c4cc5cn[nH]c5cc34)cn2)CC1. The lowest BCUT2D eigenvalue weighted by Gasteiger charge is -2.33. The van der Waals surface area contributed by atoms with Gasteiger partial charge >= 0.3 is 0 Å². The minimum atomic E-state index is -0.237. The van der Waals surface area contributed by atoms with Crippen molar-refractivity contribution >= 4 is 27.6 Å². The fourth-order valence-electron chi connectivity index (χ4n) is 6.03. The Bertz CT molecular complexity index is 1580. The molecule has 7 nitrogen and oxygen atoms in total. The zero-order chi connectivity index (χ0) is 25.6. The summed E-state index contributed by atoms with van der Waals surface area (Å²) in [6.07, 6.45) is 5.77. The van der Waals surface area contributed by atoms with Crippen molar-refractivity contribution in [2.45, 2.75) is 18.8 Å². The topological polar surface area (TPSA) is 62.2 Å². The van der Waals surface area contributed by atoms with Crippen LogP contribution in [0.3, 0.4) is 0 Å². The summed E-state index contributed by atoms with van der Waals surface area (Å²) in [5.41, 5.74) is 6.55. The molecule has 2 aromatic carbocycles. The Kier molecular flexibility index (Phi) is 5.86. The molecule has 0 bridgehead atoms. The molecule has 2 aliphatic heterocycles. The number of nitrogens with zero attached hydrogens (tertiary/aromatic N) is 5. The average Bonchev–Trinajstić information content (AvgIpc) is 3.55. The predicted molar refractivity (Wildman–Crippen MR) is 149 cm³/mol. The lowest BCUT2D eigenvalue weighted by atomic mass is 9.90. The van der Waals surface area contributed by atoms with Crippen molar-refractivity contribution in [1.82, 2.24) is 24.6 Å². The van der Waals surface area contributed by atoms with Gasteiger partial charge in [0.15, 0.2) is 0 Å². The van der Waals surface area contributed by atoms with E-state index in [0.29, 0.717) is 5.92 Å². The molecule has 0 unspecified atom stereocenters. The van der Waals surface area contributed by atoms with Gasteiger partial charge in [0.2, 0.25) is 0 Å². The third-order valence-corrected chi connectivity index (χ3v) is 8.12. The van der Waals surface area contributed by atoms with Gasteiger partial charge in [-0.15, -0.1) is 0 Å². The van der Waals surface area contributed by atoms with Gasteiger partial charge in [-0.25, -0.2) is 9.37 Å². The smallest absolute Gasteiger partial charge is 0.128 e. The van der Waals surface area contributed by atoms with Crippen LogP contribution in [0, 0.1) is 5.82 Å². The molecule has 2 fully saturated rings. The molecule has 0 atom stereocenters. The Balaban J connectivity index is 1.45. The van der Waals surface area contributed by atoms with Crippen LogP contribution in [0.25, 0.3) is 38.6 Å². The number of fused-ring (bicyclic) bond motifs is 2. The summed E-state index contributed by atoms with van der Waals surface area (Å²) in [6.45, 7) is 5.53. The van der Waals surface area contributed by atoms with Gasteiger partial charge in [0, 0.05) is 84.8 Å². The number of hydrogen-bond acceptors (Lipinski definition) is 5. The Hall–Kier alpha value is -3.75. The van der Waals surface area contributed by atoms with E-state index >= 15 is 0 Å². The van der Waals surface area contributed by atoms with Gasteiger partial charge in [-0.2, -0.15) is 5.10 Å². The van der Waals surface area contributed by atoms with Gasteiger partial charge in [-0.05, 0) is 68.4 Å². The average molecular weight is 511 g/mol. The molecule has 2 aliphatic rings. The molecule has 2 saturated heterocycles. The number of benzene rings is 2. The number of nitrogens with one attached hydrogen (secondary N) is 1. The van der Waals surface area contributed by atoms with Crippen LogP contribution in [-0.4, -0.2) is 71.1 Å². The van der Waals surface area contributed by atoms with E-state index in [1.165, 1.54) is 23.4 Å². The predicted octanol–water partition coefficient (Wildman–Crippen LogP) is 5.35. The van der Waals surface area contributed by atoms with Gasteiger partial charge in [0.1, 0.15) is 11.6 Å². The van der Waals surface area contributed by atoms with E-state index in [1.807, 2.05) is 24.5 Å². The maximum absolute atomic E-state index is 14.0. The molecule has 0 amide bonds. The van der Waals surface area contributed by atoms with Crippen LogP contribution in [0.4, 0.5) is 10.2 Å². The molecule has 0 saturated carbocycles. The first-order chi connectivity index (χ1) is 18.7. The highest BCUT2D eigenvalue weighted by molar-refractivity contribution is 6.05. The Morgan fingerprint density at radius 2 is 1.74 bits per heavy atom.